The summed E-state index contributed by atoms with van der Waals surface area (Å²) in [5.74, 6) is 0.389. The molecular formula is C8H14F2N4O. The minimum absolute atomic E-state index is 0.0311. The van der Waals surface area contributed by atoms with Crippen LogP contribution in [0.25, 0.3) is 0 Å². The first-order chi connectivity index (χ1) is 7.22. The van der Waals surface area contributed by atoms with Gasteiger partial charge >= 0.3 is 6.01 Å². The van der Waals surface area contributed by atoms with E-state index in [9.17, 15) is 8.78 Å². The summed E-state index contributed by atoms with van der Waals surface area (Å²) in [5.41, 5.74) is 0. The van der Waals surface area contributed by atoms with Gasteiger partial charge in [0.25, 0.3) is 6.43 Å². The second-order valence-electron chi connectivity index (χ2n) is 2.95. The molecule has 0 aromatic carbocycles. The van der Waals surface area contributed by atoms with Crippen molar-refractivity contribution in [3.63, 3.8) is 0 Å². The molecule has 0 aliphatic rings. The lowest BCUT2D eigenvalue weighted by Gasteiger charge is -1.98. The Morgan fingerprint density at radius 1 is 1.40 bits per heavy atom. The number of hydrogen-bond donors (Lipinski definition) is 2. The van der Waals surface area contributed by atoms with Gasteiger partial charge in [0, 0.05) is 0 Å². The van der Waals surface area contributed by atoms with Crippen molar-refractivity contribution in [2.75, 3.05) is 18.4 Å². The van der Waals surface area contributed by atoms with Crippen molar-refractivity contribution in [2.45, 2.75) is 26.3 Å². The van der Waals surface area contributed by atoms with E-state index in [1.165, 1.54) is 0 Å². The van der Waals surface area contributed by atoms with Crippen LogP contribution in [0.4, 0.5) is 14.8 Å². The van der Waals surface area contributed by atoms with Crippen LogP contribution in [0.3, 0.4) is 0 Å². The van der Waals surface area contributed by atoms with Gasteiger partial charge in [0.2, 0.25) is 5.89 Å². The molecule has 1 heterocycles. The van der Waals surface area contributed by atoms with Crippen molar-refractivity contribution >= 4 is 6.01 Å². The van der Waals surface area contributed by atoms with Gasteiger partial charge in [0.05, 0.1) is 13.1 Å². The van der Waals surface area contributed by atoms with Crippen LogP contribution in [-0.4, -0.2) is 29.7 Å². The second-order valence-corrected chi connectivity index (χ2v) is 2.95. The molecule has 0 unspecified atom stereocenters. The van der Waals surface area contributed by atoms with Gasteiger partial charge in [-0.15, -0.1) is 5.10 Å². The van der Waals surface area contributed by atoms with E-state index in [2.05, 4.69) is 20.8 Å². The Labute approximate surface area is 86.3 Å². The normalized spacial score (nSPS) is 10.9. The van der Waals surface area contributed by atoms with Crippen LogP contribution >= 0.6 is 0 Å². The van der Waals surface area contributed by atoms with E-state index in [4.69, 9.17) is 4.42 Å². The first kappa shape index (κ1) is 11.8. The van der Waals surface area contributed by atoms with Crippen molar-refractivity contribution in [1.29, 1.82) is 0 Å². The molecule has 1 rings (SSSR count). The summed E-state index contributed by atoms with van der Waals surface area (Å²) in [6.45, 7) is 2.86. The van der Waals surface area contributed by atoms with E-state index in [1.807, 2.05) is 6.92 Å². The number of hydrogen-bond acceptors (Lipinski definition) is 5. The highest BCUT2D eigenvalue weighted by Crippen LogP contribution is 2.05. The number of rotatable bonds is 7. The van der Waals surface area contributed by atoms with Gasteiger partial charge in [-0.1, -0.05) is 12.0 Å². The minimum Gasteiger partial charge on any atom is -0.407 e. The Morgan fingerprint density at radius 3 is 2.87 bits per heavy atom. The fourth-order valence-electron chi connectivity index (χ4n) is 0.933. The van der Waals surface area contributed by atoms with Gasteiger partial charge in [-0.3, -0.25) is 0 Å². The highest BCUT2D eigenvalue weighted by molar-refractivity contribution is 5.16. The van der Waals surface area contributed by atoms with E-state index in [0.717, 1.165) is 13.0 Å². The average molecular weight is 220 g/mol. The van der Waals surface area contributed by atoms with Gasteiger partial charge in [0.15, 0.2) is 0 Å². The molecule has 0 saturated heterocycles. The van der Waals surface area contributed by atoms with Crippen LogP contribution in [-0.2, 0) is 6.54 Å². The van der Waals surface area contributed by atoms with Crippen LogP contribution < -0.4 is 10.6 Å². The average Bonchev–Trinajstić information content (AvgIpc) is 2.63. The summed E-state index contributed by atoms with van der Waals surface area (Å²) in [5, 5.41) is 12.6. The lowest BCUT2D eigenvalue weighted by Crippen LogP contribution is -2.13. The van der Waals surface area contributed by atoms with E-state index >= 15 is 0 Å². The SMILES string of the molecule is CCCNCc1nnc(NCC(F)F)o1. The maximum atomic E-state index is 11.8. The zero-order valence-corrected chi connectivity index (χ0v) is 8.46. The number of nitrogens with zero attached hydrogens (tertiary/aromatic N) is 2. The quantitative estimate of drug-likeness (QED) is 0.677. The summed E-state index contributed by atoms with van der Waals surface area (Å²) in [4.78, 5) is 0. The molecule has 7 heteroatoms. The Bertz CT molecular complexity index is 279. The number of halogens is 2. The highest BCUT2D eigenvalue weighted by Gasteiger charge is 2.07. The predicted octanol–water partition coefficient (Wildman–Crippen LogP) is 1.25. The summed E-state index contributed by atoms with van der Waals surface area (Å²) in [7, 11) is 0. The predicted molar refractivity (Wildman–Crippen MR) is 50.8 cm³/mol. The number of nitrogens with one attached hydrogen (secondary N) is 2. The van der Waals surface area contributed by atoms with Gasteiger partial charge in [0.1, 0.15) is 0 Å². The molecule has 0 fully saturated rings. The third-order valence-electron chi connectivity index (χ3n) is 1.58. The summed E-state index contributed by atoms with van der Waals surface area (Å²) in [6.07, 6.45) is -1.43. The van der Waals surface area contributed by atoms with E-state index in [1.54, 1.807) is 0 Å². The molecule has 0 atom stereocenters. The molecule has 86 valence electrons. The van der Waals surface area contributed by atoms with Crippen LogP contribution in [0.5, 0.6) is 0 Å². The molecule has 0 spiro atoms. The third kappa shape index (κ3) is 4.68. The lowest BCUT2D eigenvalue weighted by molar-refractivity contribution is 0.162. The highest BCUT2D eigenvalue weighted by atomic mass is 19.3. The van der Waals surface area contributed by atoms with E-state index in [0.29, 0.717) is 12.4 Å². The number of alkyl halides is 2. The monoisotopic (exact) mass is 220 g/mol. The topological polar surface area (TPSA) is 63.0 Å². The Balaban J connectivity index is 2.29. The van der Waals surface area contributed by atoms with Crippen molar-refractivity contribution in [2.24, 2.45) is 0 Å². The molecule has 0 aliphatic carbocycles. The van der Waals surface area contributed by atoms with Gasteiger partial charge < -0.3 is 15.1 Å². The Kier molecular flexibility index (Phi) is 4.96. The Hall–Kier alpha value is -1.24. The fourth-order valence-corrected chi connectivity index (χ4v) is 0.933. The van der Waals surface area contributed by atoms with Crippen molar-refractivity contribution in [3.8, 4) is 0 Å². The first-order valence-corrected chi connectivity index (χ1v) is 4.77. The molecular weight excluding hydrogens is 206 g/mol. The molecule has 0 bridgehead atoms. The second kappa shape index (κ2) is 6.28. The zero-order chi connectivity index (χ0) is 11.1. The smallest absolute Gasteiger partial charge is 0.315 e. The summed E-state index contributed by atoms with van der Waals surface area (Å²) < 4.78 is 28.7. The van der Waals surface area contributed by atoms with Crippen molar-refractivity contribution in [3.05, 3.63) is 5.89 Å². The molecule has 0 amide bonds. The van der Waals surface area contributed by atoms with E-state index < -0.39 is 13.0 Å². The largest absolute Gasteiger partial charge is 0.407 e. The molecule has 0 aliphatic heterocycles. The molecule has 5 nitrogen and oxygen atoms in total. The van der Waals surface area contributed by atoms with Gasteiger partial charge in [-0.25, -0.2) is 8.78 Å². The van der Waals surface area contributed by atoms with Crippen molar-refractivity contribution in [1.82, 2.24) is 15.5 Å². The maximum absolute atomic E-state index is 11.8. The van der Waals surface area contributed by atoms with Crippen LogP contribution in [0.2, 0.25) is 0 Å². The van der Waals surface area contributed by atoms with Crippen LogP contribution in [0, 0.1) is 0 Å². The zero-order valence-electron chi connectivity index (χ0n) is 8.46. The van der Waals surface area contributed by atoms with Crippen molar-refractivity contribution < 1.29 is 13.2 Å². The van der Waals surface area contributed by atoms with Gasteiger partial charge in [-0.05, 0) is 13.0 Å². The molecule has 0 radical (unpaired) electrons. The standard InChI is InChI=1S/C8H14F2N4O/c1-2-3-11-5-7-13-14-8(15-7)12-4-6(9)10/h6,11H,2-5H2,1H3,(H,12,14). The van der Waals surface area contributed by atoms with Crippen LogP contribution in [0.15, 0.2) is 4.42 Å². The lowest BCUT2D eigenvalue weighted by atomic mass is 10.5. The fraction of sp³-hybridized carbons (Fsp3) is 0.750. The maximum Gasteiger partial charge on any atom is 0.315 e. The van der Waals surface area contributed by atoms with E-state index in [-0.39, 0.29) is 6.01 Å². The van der Waals surface area contributed by atoms with Crippen LogP contribution in [0.1, 0.15) is 19.2 Å². The minimum atomic E-state index is -2.43. The summed E-state index contributed by atoms with van der Waals surface area (Å²) in [6, 6.07) is 0.0311. The molecule has 1 aromatic rings. The molecule has 1 aromatic heterocycles. The molecule has 15 heavy (non-hydrogen) atoms. The Morgan fingerprint density at radius 2 is 2.20 bits per heavy atom. The molecule has 2 N–H and O–H groups in total. The molecule has 0 saturated carbocycles. The van der Waals surface area contributed by atoms with Gasteiger partial charge in [-0.2, -0.15) is 0 Å². The third-order valence-corrected chi connectivity index (χ3v) is 1.58. The first-order valence-electron chi connectivity index (χ1n) is 4.77. The number of anilines is 1. The summed E-state index contributed by atoms with van der Waals surface area (Å²) >= 11 is 0. The number of aromatic nitrogens is 2.